The zero-order valence-electron chi connectivity index (χ0n) is 17.9. The Labute approximate surface area is 200 Å². The van der Waals surface area contributed by atoms with Crippen LogP contribution in [0.5, 0.6) is 11.8 Å². The molecule has 7 heteroatoms. The van der Waals surface area contributed by atoms with Gasteiger partial charge in [0.15, 0.2) is 0 Å². The van der Waals surface area contributed by atoms with Crippen molar-refractivity contribution in [2.45, 2.75) is 6.04 Å². The van der Waals surface area contributed by atoms with E-state index in [2.05, 4.69) is 34.2 Å². The number of carboxylic acid groups (broad SMARTS) is 1. The molecule has 1 heterocycles. The lowest BCUT2D eigenvalue weighted by Gasteiger charge is -2.07. The molecule has 0 radical (unpaired) electrons. The number of nitrogens with one attached hydrogen (secondary N) is 1. The predicted molar refractivity (Wildman–Crippen MR) is 133 cm³/mol. The quantitative estimate of drug-likeness (QED) is 0.266. The number of benzene rings is 4. The standard InChI is InChI=1S/C27H20ClN3O3/c28-22-15-24-23(14-21(22)18-8-6-17(7-9-18)16-4-2-1-3-5-16)30-27(31-24)34-20-12-10-19(11-13-20)25(29)26(32)33/h1-15,25H,29H2,(H,30,31)(H,32,33). The van der Waals surface area contributed by atoms with E-state index in [9.17, 15) is 4.79 Å². The summed E-state index contributed by atoms with van der Waals surface area (Å²) in [5, 5.41) is 9.63. The minimum absolute atomic E-state index is 0.304. The van der Waals surface area contributed by atoms with Gasteiger partial charge in [0.2, 0.25) is 0 Å². The molecule has 0 saturated heterocycles. The molecule has 0 aliphatic rings. The van der Waals surface area contributed by atoms with Gasteiger partial charge >= 0.3 is 5.97 Å². The molecule has 4 aromatic carbocycles. The second-order valence-electron chi connectivity index (χ2n) is 7.82. The van der Waals surface area contributed by atoms with Crippen LogP contribution in [0.4, 0.5) is 0 Å². The first-order valence-corrected chi connectivity index (χ1v) is 11.0. The van der Waals surface area contributed by atoms with Crippen LogP contribution in [0.25, 0.3) is 33.3 Å². The number of nitrogens with zero attached hydrogens (tertiary/aromatic N) is 1. The number of hydrogen-bond donors (Lipinski definition) is 3. The molecule has 0 spiro atoms. The average Bonchev–Trinajstić information content (AvgIpc) is 3.25. The van der Waals surface area contributed by atoms with Crippen molar-refractivity contribution in [3.05, 3.63) is 102 Å². The second kappa shape index (κ2) is 9.02. The maximum absolute atomic E-state index is 11.0. The van der Waals surface area contributed by atoms with Crippen molar-refractivity contribution in [2.24, 2.45) is 5.73 Å². The maximum atomic E-state index is 11.0. The molecule has 0 amide bonds. The molecule has 5 aromatic rings. The van der Waals surface area contributed by atoms with Crippen LogP contribution in [-0.2, 0) is 4.79 Å². The van der Waals surface area contributed by atoms with E-state index in [-0.39, 0.29) is 0 Å². The number of imidazole rings is 1. The highest BCUT2D eigenvalue weighted by Gasteiger charge is 2.15. The number of nitrogens with two attached hydrogens (primary N) is 1. The van der Waals surface area contributed by atoms with E-state index in [0.717, 1.165) is 27.8 Å². The fourth-order valence-corrected chi connectivity index (χ4v) is 4.02. The van der Waals surface area contributed by atoms with E-state index >= 15 is 0 Å². The predicted octanol–water partition coefficient (Wildman–Crippen LogP) is 6.43. The third-order valence-corrected chi connectivity index (χ3v) is 5.88. The molecule has 0 fully saturated rings. The molecule has 5 rings (SSSR count). The summed E-state index contributed by atoms with van der Waals surface area (Å²) in [5.74, 6) is -0.587. The lowest BCUT2D eigenvalue weighted by atomic mass is 10.00. The van der Waals surface area contributed by atoms with Crippen LogP contribution in [0.15, 0.2) is 91.0 Å². The van der Waals surface area contributed by atoms with E-state index in [1.165, 1.54) is 0 Å². The topological polar surface area (TPSA) is 101 Å². The molecule has 34 heavy (non-hydrogen) atoms. The molecule has 1 atom stereocenters. The number of carboxylic acids is 1. The summed E-state index contributed by atoms with van der Waals surface area (Å²) in [4.78, 5) is 18.7. The van der Waals surface area contributed by atoms with E-state index in [1.54, 1.807) is 24.3 Å². The Morgan fingerprint density at radius 2 is 1.56 bits per heavy atom. The van der Waals surface area contributed by atoms with Gasteiger partial charge in [0, 0.05) is 5.56 Å². The molecule has 0 aliphatic carbocycles. The van der Waals surface area contributed by atoms with Gasteiger partial charge < -0.3 is 20.6 Å². The van der Waals surface area contributed by atoms with Gasteiger partial charge in [0.1, 0.15) is 11.8 Å². The summed E-state index contributed by atoms with van der Waals surface area (Å²) >= 11 is 6.59. The SMILES string of the molecule is NC(C(=O)O)c1ccc(Oc2nc3cc(-c4ccc(-c5ccccc5)cc4)c(Cl)cc3[nH]2)cc1. The number of H-pyrrole nitrogens is 1. The number of aromatic amines is 1. The van der Waals surface area contributed by atoms with Crippen LogP contribution >= 0.6 is 11.6 Å². The van der Waals surface area contributed by atoms with Crippen LogP contribution in [0.1, 0.15) is 11.6 Å². The number of ether oxygens (including phenoxy) is 1. The normalized spacial score (nSPS) is 11.9. The maximum Gasteiger partial charge on any atom is 0.325 e. The number of aliphatic carboxylic acids is 1. The summed E-state index contributed by atoms with van der Waals surface area (Å²) in [6.07, 6.45) is 0. The van der Waals surface area contributed by atoms with Crippen LogP contribution in [0, 0.1) is 0 Å². The van der Waals surface area contributed by atoms with Gasteiger partial charge in [-0.2, -0.15) is 4.98 Å². The largest absolute Gasteiger partial charge is 0.480 e. The van der Waals surface area contributed by atoms with Gasteiger partial charge in [-0.05, 0) is 46.5 Å². The van der Waals surface area contributed by atoms with Crippen molar-refractivity contribution in [3.8, 4) is 34.0 Å². The van der Waals surface area contributed by atoms with Crippen molar-refractivity contribution in [2.75, 3.05) is 0 Å². The van der Waals surface area contributed by atoms with Crippen molar-refractivity contribution in [1.29, 1.82) is 0 Å². The van der Waals surface area contributed by atoms with E-state index in [4.69, 9.17) is 27.2 Å². The Morgan fingerprint density at radius 3 is 2.24 bits per heavy atom. The van der Waals surface area contributed by atoms with Crippen molar-refractivity contribution < 1.29 is 14.6 Å². The summed E-state index contributed by atoms with van der Waals surface area (Å²) in [7, 11) is 0. The molecule has 0 saturated carbocycles. The Morgan fingerprint density at radius 1 is 0.912 bits per heavy atom. The molecule has 6 nitrogen and oxygen atoms in total. The van der Waals surface area contributed by atoms with Crippen LogP contribution in [0.3, 0.4) is 0 Å². The minimum Gasteiger partial charge on any atom is -0.480 e. The monoisotopic (exact) mass is 469 g/mol. The van der Waals surface area contributed by atoms with Crippen LogP contribution < -0.4 is 10.5 Å². The smallest absolute Gasteiger partial charge is 0.325 e. The second-order valence-corrected chi connectivity index (χ2v) is 8.23. The summed E-state index contributed by atoms with van der Waals surface area (Å²) in [5.41, 5.74) is 11.7. The molecular formula is C27H20ClN3O3. The highest BCUT2D eigenvalue weighted by molar-refractivity contribution is 6.34. The number of halogens is 1. The highest BCUT2D eigenvalue weighted by Crippen LogP contribution is 2.34. The number of aromatic nitrogens is 2. The van der Waals surface area contributed by atoms with Gasteiger partial charge in [-0.3, -0.25) is 4.79 Å². The van der Waals surface area contributed by atoms with Crippen molar-refractivity contribution >= 4 is 28.6 Å². The summed E-state index contributed by atoms with van der Waals surface area (Å²) in [6, 6.07) is 27.9. The third kappa shape index (κ3) is 4.37. The van der Waals surface area contributed by atoms with Crippen molar-refractivity contribution in [3.63, 3.8) is 0 Å². The number of rotatable bonds is 6. The van der Waals surface area contributed by atoms with Crippen molar-refractivity contribution in [1.82, 2.24) is 9.97 Å². The van der Waals surface area contributed by atoms with E-state index in [0.29, 0.717) is 27.9 Å². The van der Waals surface area contributed by atoms with Gasteiger partial charge in [-0.1, -0.05) is 78.3 Å². The zero-order chi connectivity index (χ0) is 23.7. The lowest BCUT2D eigenvalue weighted by Crippen LogP contribution is -2.20. The van der Waals surface area contributed by atoms with Gasteiger partial charge in [0.05, 0.1) is 16.1 Å². The Bertz CT molecular complexity index is 1460. The van der Waals surface area contributed by atoms with E-state index < -0.39 is 12.0 Å². The first-order valence-electron chi connectivity index (χ1n) is 10.6. The number of carbonyl (C=O) groups is 1. The first kappa shape index (κ1) is 21.7. The lowest BCUT2D eigenvalue weighted by molar-refractivity contribution is -0.138. The Balaban J connectivity index is 1.39. The summed E-state index contributed by atoms with van der Waals surface area (Å²) in [6.45, 7) is 0. The minimum atomic E-state index is -1.09. The van der Waals surface area contributed by atoms with Gasteiger partial charge in [0.25, 0.3) is 6.01 Å². The molecule has 1 unspecified atom stereocenters. The van der Waals surface area contributed by atoms with Gasteiger partial charge in [-0.15, -0.1) is 0 Å². The average molecular weight is 470 g/mol. The molecule has 4 N–H and O–H groups in total. The molecule has 0 aliphatic heterocycles. The first-order chi connectivity index (χ1) is 16.5. The molecular weight excluding hydrogens is 450 g/mol. The fraction of sp³-hybridized carbons (Fsp3) is 0.0370. The highest BCUT2D eigenvalue weighted by atomic mass is 35.5. The van der Waals surface area contributed by atoms with Crippen LogP contribution in [0.2, 0.25) is 5.02 Å². The molecule has 0 bridgehead atoms. The zero-order valence-corrected chi connectivity index (χ0v) is 18.7. The Kier molecular flexibility index (Phi) is 5.76. The summed E-state index contributed by atoms with van der Waals surface area (Å²) < 4.78 is 5.81. The Hall–Kier alpha value is -4.13. The third-order valence-electron chi connectivity index (χ3n) is 5.57. The van der Waals surface area contributed by atoms with Crippen LogP contribution in [-0.4, -0.2) is 21.0 Å². The number of fused-ring (bicyclic) bond motifs is 1. The molecule has 168 valence electrons. The number of hydrogen-bond acceptors (Lipinski definition) is 4. The fourth-order valence-electron chi connectivity index (χ4n) is 3.75. The van der Waals surface area contributed by atoms with E-state index in [1.807, 2.05) is 42.5 Å². The molecule has 1 aromatic heterocycles. The van der Waals surface area contributed by atoms with Gasteiger partial charge in [-0.25, -0.2) is 0 Å².